The molecule has 0 N–H and O–H groups in total. The Labute approximate surface area is 360 Å². The fourth-order valence-corrected chi connectivity index (χ4v) is 9.42. The van der Waals surface area contributed by atoms with Crippen molar-refractivity contribution < 1.29 is 4.42 Å². The minimum absolute atomic E-state index is 0.592. The average Bonchev–Trinajstić information content (AvgIpc) is 4.05. The van der Waals surface area contributed by atoms with Crippen LogP contribution in [0.2, 0.25) is 0 Å². The molecule has 0 spiro atoms. The molecule has 0 unspecified atom stereocenters. The summed E-state index contributed by atoms with van der Waals surface area (Å²) in [7, 11) is 0. The van der Waals surface area contributed by atoms with Crippen molar-refractivity contribution in [3.05, 3.63) is 206 Å². The third kappa shape index (κ3) is 5.46. The van der Waals surface area contributed by atoms with Gasteiger partial charge in [-0.2, -0.15) is 0 Å². The largest absolute Gasteiger partial charge is 0.434 e. The SMILES string of the molecule is c1ccc(-c2nc(-c3ccccc3)nc(-c3ccc(-n4c5ccccc5c5ccc6c7ccccc7n(-c7cccc8nc(-c9ccccc9)oc78)c6c54)c4ccccc34)n2)cc1. The van der Waals surface area contributed by atoms with E-state index in [-0.39, 0.29) is 0 Å². The van der Waals surface area contributed by atoms with Crippen LogP contribution in [0.1, 0.15) is 0 Å². The lowest BCUT2D eigenvalue weighted by Gasteiger charge is -2.16. The van der Waals surface area contributed by atoms with Gasteiger partial charge in [-0.3, -0.25) is 0 Å². The first kappa shape index (κ1) is 35.1. The Morgan fingerprint density at radius 3 is 1.41 bits per heavy atom. The molecule has 0 fully saturated rings. The molecule has 13 rings (SSSR count). The quantitative estimate of drug-likeness (QED) is 0.167. The van der Waals surface area contributed by atoms with Crippen LogP contribution < -0.4 is 0 Å². The monoisotopic (exact) mass is 806 g/mol. The van der Waals surface area contributed by atoms with Crippen LogP contribution in [0.3, 0.4) is 0 Å². The molecule has 0 amide bonds. The number of fused-ring (bicyclic) bond motifs is 9. The second-order valence-corrected chi connectivity index (χ2v) is 15.8. The van der Waals surface area contributed by atoms with Gasteiger partial charge in [0.2, 0.25) is 5.89 Å². The van der Waals surface area contributed by atoms with Crippen molar-refractivity contribution in [2.24, 2.45) is 0 Å². The van der Waals surface area contributed by atoms with Crippen molar-refractivity contribution in [3.8, 4) is 57.0 Å². The summed E-state index contributed by atoms with van der Waals surface area (Å²) < 4.78 is 11.5. The Morgan fingerprint density at radius 2 is 0.810 bits per heavy atom. The standard InChI is InChI=1S/C56H34N6O/c1-4-17-35(18-5-1)53-58-54(36-19-6-2-7-20-36)60-55(59-53)44-33-34-48(39-24-11-10-23-38(39)44)61-46-28-14-12-25-40(46)42-31-32-43-41-26-13-15-29-47(41)62(51(43)50(42)61)49-30-16-27-45-52(49)63-56(57-45)37-21-8-3-9-22-37/h1-34H. The zero-order chi connectivity index (χ0) is 41.4. The number of benzene rings is 9. The molecule has 7 nitrogen and oxygen atoms in total. The van der Waals surface area contributed by atoms with Crippen molar-refractivity contribution >= 4 is 65.5 Å². The van der Waals surface area contributed by atoms with Crippen LogP contribution in [0.4, 0.5) is 0 Å². The first-order valence-electron chi connectivity index (χ1n) is 21.1. The highest BCUT2D eigenvalue weighted by molar-refractivity contribution is 6.24. The van der Waals surface area contributed by atoms with Crippen LogP contribution in [0.15, 0.2) is 211 Å². The minimum Gasteiger partial charge on any atom is -0.434 e. The molecular weight excluding hydrogens is 773 g/mol. The first-order chi connectivity index (χ1) is 31.3. The van der Waals surface area contributed by atoms with Gasteiger partial charge >= 0.3 is 0 Å². The summed E-state index contributed by atoms with van der Waals surface area (Å²) in [4.78, 5) is 20.3. The van der Waals surface area contributed by atoms with Crippen molar-refractivity contribution in [2.45, 2.75) is 0 Å². The molecule has 0 saturated heterocycles. The van der Waals surface area contributed by atoms with Crippen LogP contribution in [0.25, 0.3) is 122 Å². The zero-order valence-electron chi connectivity index (χ0n) is 33.7. The van der Waals surface area contributed by atoms with Crippen LogP contribution in [-0.4, -0.2) is 29.1 Å². The van der Waals surface area contributed by atoms with Gasteiger partial charge in [-0.1, -0.05) is 158 Å². The summed E-state index contributed by atoms with van der Waals surface area (Å²) in [5.74, 6) is 2.46. The Kier molecular flexibility index (Phi) is 7.77. The van der Waals surface area contributed by atoms with E-state index in [1.165, 1.54) is 5.39 Å². The smallest absolute Gasteiger partial charge is 0.227 e. The average molecular weight is 807 g/mol. The lowest BCUT2D eigenvalue weighted by atomic mass is 10.0. The Balaban J connectivity index is 1.11. The highest BCUT2D eigenvalue weighted by Gasteiger charge is 2.25. The second kappa shape index (κ2) is 13.9. The summed E-state index contributed by atoms with van der Waals surface area (Å²) in [6, 6.07) is 71.5. The first-order valence-corrected chi connectivity index (χ1v) is 21.1. The molecule has 4 aromatic heterocycles. The summed E-state index contributed by atoms with van der Waals surface area (Å²) in [5, 5.41) is 6.74. The fraction of sp³-hybridized carbons (Fsp3) is 0. The lowest BCUT2D eigenvalue weighted by Crippen LogP contribution is -2.02. The predicted molar refractivity (Wildman–Crippen MR) is 255 cm³/mol. The molecule has 0 aliphatic rings. The molecule has 0 radical (unpaired) electrons. The van der Waals surface area contributed by atoms with E-state index in [1.54, 1.807) is 0 Å². The lowest BCUT2D eigenvalue weighted by molar-refractivity contribution is 0.618. The third-order valence-corrected chi connectivity index (χ3v) is 12.2. The molecule has 294 valence electrons. The van der Waals surface area contributed by atoms with Crippen molar-refractivity contribution in [2.75, 3.05) is 0 Å². The minimum atomic E-state index is 0.592. The van der Waals surface area contributed by atoms with E-state index < -0.39 is 0 Å². The molecule has 9 aromatic carbocycles. The molecule has 0 atom stereocenters. The number of para-hydroxylation sites is 3. The number of hydrogen-bond donors (Lipinski definition) is 0. The molecule has 63 heavy (non-hydrogen) atoms. The van der Waals surface area contributed by atoms with Crippen molar-refractivity contribution in [3.63, 3.8) is 0 Å². The van der Waals surface area contributed by atoms with Gasteiger partial charge in [0.1, 0.15) is 5.52 Å². The predicted octanol–water partition coefficient (Wildman–Crippen LogP) is 14.0. The molecule has 0 aliphatic heterocycles. The highest BCUT2D eigenvalue weighted by atomic mass is 16.3. The Hall–Kier alpha value is -8.68. The van der Waals surface area contributed by atoms with Crippen LogP contribution in [0, 0.1) is 0 Å². The topological polar surface area (TPSA) is 74.6 Å². The Bertz CT molecular complexity index is 3850. The maximum absolute atomic E-state index is 6.72. The van der Waals surface area contributed by atoms with E-state index in [0.29, 0.717) is 23.4 Å². The number of hydrogen-bond acceptors (Lipinski definition) is 5. The van der Waals surface area contributed by atoms with E-state index in [2.05, 4.69) is 118 Å². The highest BCUT2D eigenvalue weighted by Crippen LogP contribution is 2.44. The molecule has 4 heterocycles. The van der Waals surface area contributed by atoms with E-state index in [4.69, 9.17) is 24.4 Å². The third-order valence-electron chi connectivity index (χ3n) is 12.2. The van der Waals surface area contributed by atoms with Gasteiger partial charge < -0.3 is 13.6 Å². The second-order valence-electron chi connectivity index (χ2n) is 15.8. The fourth-order valence-electron chi connectivity index (χ4n) is 9.42. The van der Waals surface area contributed by atoms with Gasteiger partial charge in [-0.25, -0.2) is 19.9 Å². The van der Waals surface area contributed by atoms with Gasteiger partial charge in [-0.05, 0) is 53.9 Å². The van der Waals surface area contributed by atoms with Gasteiger partial charge in [0.25, 0.3) is 0 Å². The van der Waals surface area contributed by atoms with E-state index in [1.807, 2.05) is 97.1 Å². The van der Waals surface area contributed by atoms with E-state index in [0.717, 1.165) is 93.7 Å². The van der Waals surface area contributed by atoms with Crippen LogP contribution in [-0.2, 0) is 0 Å². The molecule has 0 saturated carbocycles. The maximum atomic E-state index is 6.72. The molecule has 7 heteroatoms. The zero-order valence-corrected chi connectivity index (χ0v) is 33.7. The normalized spacial score (nSPS) is 11.8. The van der Waals surface area contributed by atoms with Crippen molar-refractivity contribution in [1.82, 2.24) is 29.1 Å². The number of oxazole rings is 1. The number of aromatic nitrogens is 6. The molecule has 0 aliphatic carbocycles. The summed E-state index contributed by atoms with van der Waals surface area (Å²) in [6.07, 6.45) is 0. The Morgan fingerprint density at radius 1 is 0.317 bits per heavy atom. The van der Waals surface area contributed by atoms with Gasteiger partial charge in [0, 0.05) is 49.2 Å². The number of rotatable bonds is 6. The summed E-state index contributed by atoms with van der Waals surface area (Å²) in [5.41, 5.74) is 11.6. The van der Waals surface area contributed by atoms with Crippen LogP contribution >= 0.6 is 0 Å². The van der Waals surface area contributed by atoms with Crippen LogP contribution in [0.5, 0.6) is 0 Å². The summed E-state index contributed by atoms with van der Waals surface area (Å²) in [6.45, 7) is 0. The van der Waals surface area contributed by atoms with Gasteiger partial charge in [0.05, 0.1) is 33.4 Å². The van der Waals surface area contributed by atoms with Crippen molar-refractivity contribution in [1.29, 1.82) is 0 Å². The van der Waals surface area contributed by atoms with Gasteiger partial charge in [0.15, 0.2) is 23.1 Å². The molecule has 13 aromatic rings. The van der Waals surface area contributed by atoms with E-state index in [9.17, 15) is 0 Å². The maximum Gasteiger partial charge on any atom is 0.227 e. The molecular formula is C56H34N6O. The number of nitrogens with zero attached hydrogens (tertiary/aromatic N) is 6. The summed E-state index contributed by atoms with van der Waals surface area (Å²) >= 11 is 0. The van der Waals surface area contributed by atoms with E-state index >= 15 is 0 Å². The van der Waals surface area contributed by atoms with Gasteiger partial charge in [-0.15, -0.1) is 0 Å². The molecule has 0 bridgehead atoms.